The Morgan fingerprint density at radius 3 is 2.53 bits per heavy atom. The van der Waals surface area contributed by atoms with Crippen LogP contribution in [0, 0.1) is 11.3 Å². The van der Waals surface area contributed by atoms with E-state index in [2.05, 4.69) is 21.3 Å². The van der Waals surface area contributed by atoms with Gasteiger partial charge in [-0.25, -0.2) is 4.98 Å². The molecule has 0 radical (unpaired) electrons. The highest BCUT2D eigenvalue weighted by molar-refractivity contribution is 6.30. The van der Waals surface area contributed by atoms with Crippen molar-refractivity contribution < 1.29 is 0 Å². The summed E-state index contributed by atoms with van der Waals surface area (Å²) in [6.07, 6.45) is 0. The van der Waals surface area contributed by atoms with Gasteiger partial charge in [-0.15, -0.1) is 0 Å². The second-order valence-corrected chi connectivity index (χ2v) is 4.69. The zero-order chi connectivity index (χ0) is 12.5. The molecule has 5 heteroatoms. The average molecular weight is 247 g/mol. The molecule has 0 aliphatic rings. The van der Waals surface area contributed by atoms with Gasteiger partial charge in [-0.1, -0.05) is 11.6 Å². The van der Waals surface area contributed by atoms with Gasteiger partial charge < -0.3 is 0 Å². The number of aromatic amines is 1. The minimum atomic E-state index is -0.669. The molecule has 1 N–H and O–H groups in total. The third-order valence-electron chi connectivity index (χ3n) is 2.46. The molecule has 1 aromatic heterocycles. The first-order valence-electron chi connectivity index (χ1n) is 5.13. The van der Waals surface area contributed by atoms with E-state index in [0.29, 0.717) is 16.7 Å². The lowest BCUT2D eigenvalue weighted by Gasteiger charge is -2.09. The van der Waals surface area contributed by atoms with Gasteiger partial charge in [-0.05, 0) is 38.1 Å². The predicted molar refractivity (Wildman–Crippen MR) is 65.5 cm³/mol. The molecule has 0 aliphatic carbocycles. The number of nitrogens with zero attached hydrogens (tertiary/aromatic N) is 3. The monoisotopic (exact) mass is 246 g/mol. The normalized spacial score (nSPS) is 11.2. The second-order valence-electron chi connectivity index (χ2n) is 4.25. The molecule has 0 aliphatic heterocycles. The van der Waals surface area contributed by atoms with E-state index in [1.165, 1.54) is 0 Å². The lowest BCUT2D eigenvalue weighted by atomic mass is 9.95. The molecule has 1 aromatic carbocycles. The molecule has 0 unspecified atom stereocenters. The standard InChI is InChI=1S/C12H11ClN4/c1-12(2,7-14)11-15-10(16-17-11)8-3-5-9(13)6-4-8/h3-6H,1-2H3,(H,15,16,17). The fourth-order valence-electron chi connectivity index (χ4n) is 1.32. The molecule has 17 heavy (non-hydrogen) atoms. The average Bonchev–Trinajstić information content (AvgIpc) is 2.80. The molecule has 0 spiro atoms. The number of H-pyrrole nitrogens is 1. The molecule has 0 saturated heterocycles. The highest BCUT2D eigenvalue weighted by Gasteiger charge is 2.24. The number of hydrogen-bond donors (Lipinski definition) is 1. The van der Waals surface area contributed by atoms with Crippen molar-refractivity contribution in [2.45, 2.75) is 19.3 Å². The van der Waals surface area contributed by atoms with Crippen molar-refractivity contribution in [3.05, 3.63) is 35.1 Å². The van der Waals surface area contributed by atoms with Crippen molar-refractivity contribution >= 4 is 11.6 Å². The van der Waals surface area contributed by atoms with Gasteiger partial charge in [0, 0.05) is 10.6 Å². The summed E-state index contributed by atoms with van der Waals surface area (Å²) in [4.78, 5) is 4.32. The maximum atomic E-state index is 9.01. The van der Waals surface area contributed by atoms with Crippen molar-refractivity contribution in [2.24, 2.45) is 0 Å². The Kier molecular flexibility index (Phi) is 2.86. The van der Waals surface area contributed by atoms with Gasteiger partial charge in [-0.2, -0.15) is 10.4 Å². The third kappa shape index (κ3) is 2.29. The van der Waals surface area contributed by atoms with Crippen LogP contribution in [-0.4, -0.2) is 15.2 Å². The van der Waals surface area contributed by atoms with Crippen LogP contribution in [0.4, 0.5) is 0 Å². The van der Waals surface area contributed by atoms with E-state index >= 15 is 0 Å². The number of aromatic nitrogens is 3. The fourth-order valence-corrected chi connectivity index (χ4v) is 1.45. The third-order valence-corrected chi connectivity index (χ3v) is 2.71. The molecular weight excluding hydrogens is 236 g/mol. The van der Waals surface area contributed by atoms with E-state index in [-0.39, 0.29) is 0 Å². The van der Waals surface area contributed by atoms with Crippen LogP contribution < -0.4 is 0 Å². The first-order chi connectivity index (χ1) is 8.03. The highest BCUT2D eigenvalue weighted by Crippen LogP contribution is 2.22. The Morgan fingerprint density at radius 1 is 1.29 bits per heavy atom. The van der Waals surface area contributed by atoms with Crippen molar-refractivity contribution in [1.82, 2.24) is 15.2 Å². The molecule has 2 aromatic rings. The largest absolute Gasteiger partial charge is 0.261 e. The fraction of sp³-hybridized carbons (Fsp3) is 0.250. The Balaban J connectivity index is 2.37. The molecule has 0 saturated carbocycles. The molecule has 4 nitrogen and oxygen atoms in total. The van der Waals surface area contributed by atoms with Gasteiger partial charge in [0.25, 0.3) is 0 Å². The second kappa shape index (κ2) is 4.19. The number of halogens is 1. The van der Waals surface area contributed by atoms with Crippen molar-refractivity contribution in [3.63, 3.8) is 0 Å². The SMILES string of the molecule is CC(C)(C#N)c1nc(-c2ccc(Cl)cc2)n[nH]1. The van der Waals surface area contributed by atoms with Crippen LogP contribution in [0.2, 0.25) is 5.02 Å². The maximum Gasteiger partial charge on any atom is 0.181 e. The van der Waals surface area contributed by atoms with E-state index in [1.54, 1.807) is 26.0 Å². The van der Waals surface area contributed by atoms with Crippen LogP contribution >= 0.6 is 11.6 Å². The van der Waals surface area contributed by atoms with E-state index < -0.39 is 5.41 Å². The quantitative estimate of drug-likeness (QED) is 0.886. The minimum Gasteiger partial charge on any atom is -0.261 e. The number of hydrogen-bond acceptors (Lipinski definition) is 3. The van der Waals surface area contributed by atoms with E-state index in [4.69, 9.17) is 16.9 Å². The van der Waals surface area contributed by atoms with Crippen LogP contribution in [-0.2, 0) is 5.41 Å². The van der Waals surface area contributed by atoms with Gasteiger partial charge in [-0.3, -0.25) is 5.10 Å². The summed E-state index contributed by atoms with van der Waals surface area (Å²) in [6, 6.07) is 9.42. The molecule has 0 bridgehead atoms. The van der Waals surface area contributed by atoms with Crippen molar-refractivity contribution in [3.8, 4) is 17.5 Å². The van der Waals surface area contributed by atoms with E-state index in [1.807, 2.05) is 12.1 Å². The van der Waals surface area contributed by atoms with Gasteiger partial charge in [0.05, 0.1) is 6.07 Å². The summed E-state index contributed by atoms with van der Waals surface area (Å²) in [5, 5.41) is 16.6. The van der Waals surface area contributed by atoms with Crippen molar-refractivity contribution in [2.75, 3.05) is 0 Å². The van der Waals surface area contributed by atoms with Crippen LogP contribution in [0.15, 0.2) is 24.3 Å². The van der Waals surface area contributed by atoms with Crippen LogP contribution in [0.3, 0.4) is 0 Å². The molecule has 0 amide bonds. The first kappa shape index (κ1) is 11.6. The van der Waals surface area contributed by atoms with Crippen LogP contribution in [0.25, 0.3) is 11.4 Å². The highest BCUT2D eigenvalue weighted by atomic mass is 35.5. The topological polar surface area (TPSA) is 65.4 Å². The minimum absolute atomic E-state index is 0.560. The van der Waals surface area contributed by atoms with E-state index in [9.17, 15) is 0 Å². The molecule has 86 valence electrons. The summed E-state index contributed by atoms with van der Waals surface area (Å²) in [5.41, 5.74) is 0.197. The molecule has 1 heterocycles. The van der Waals surface area contributed by atoms with Gasteiger partial charge in [0.2, 0.25) is 0 Å². The number of benzene rings is 1. The number of rotatable bonds is 2. The predicted octanol–water partition coefficient (Wildman–Crippen LogP) is 2.93. The van der Waals surface area contributed by atoms with Gasteiger partial charge >= 0.3 is 0 Å². The zero-order valence-corrected chi connectivity index (χ0v) is 10.3. The van der Waals surface area contributed by atoms with Gasteiger partial charge in [0.15, 0.2) is 5.82 Å². The Morgan fingerprint density at radius 2 is 1.94 bits per heavy atom. The van der Waals surface area contributed by atoms with Crippen LogP contribution in [0.5, 0.6) is 0 Å². The Labute approximate surface area is 104 Å². The zero-order valence-electron chi connectivity index (χ0n) is 9.53. The Hall–Kier alpha value is -1.86. The molecule has 0 atom stereocenters. The summed E-state index contributed by atoms with van der Waals surface area (Å²) >= 11 is 5.81. The smallest absolute Gasteiger partial charge is 0.181 e. The lowest BCUT2D eigenvalue weighted by molar-refractivity contribution is 0.633. The van der Waals surface area contributed by atoms with E-state index in [0.717, 1.165) is 5.56 Å². The summed E-state index contributed by atoms with van der Waals surface area (Å²) in [6.45, 7) is 3.58. The van der Waals surface area contributed by atoms with Gasteiger partial charge in [0.1, 0.15) is 11.2 Å². The molecule has 2 rings (SSSR count). The number of nitriles is 1. The maximum absolute atomic E-state index is 9.01. The van der Waals surface area contributed by atoms with Crippen LogP contribution in [0.1, 0.15) is 19.7 Å². The summed E-state index contributed by atoms with van der Waals surface area (Å²) < 4.78 is 0. The summed E-state index contributed by atoms with van der Waals surface area (Å²) in [5.74, 6) is 1.13. The summed E-state index contributed by atoms with van der Waals surface area (Å²) in [7, 11) is 0. The van der Waals surface area contributed by atoms with Crippen molar-refractivity contribution in [1.29, 1.82) is 5.26 Å². The molecular formula is C12H11ClN4. The first-order valence-corrected chi connectivity index (χ1v) is 5.51. The number of nitrogens with one attached hydrogen (secondary N) is 1. The molecule has 0 fully saturated rings. The Bertz CT molecular complexity index is 563. The lowest BCUT2D eigenvalue weighted by Crippen LogP contribution is -2.15.